The first kappa shape index (κ1) is 42.7. The maximum Gasteiger partial charge on any atom is 0.229 e. The molecule has 0 aliphatic rings. The predicted molar refractivity (Wildman–Crippen MR) is 253 cm³/mol. The zero-order chi connectivity index (χ0) is 44.7. The summed E-state index contributed by atoms with van der Waals surface area (Å²) in [5.74, 6) is 0.497. The molecule has 7 rings (SSSR count). The lowest BCUT2D eigenvalue weighted by Crippen LogP contribution is -2.31. The Bertz CT molecular complexity index is 2990. The lowest BCUT2D eigenvalue weighted by Gasteiger charge is -2.27. The number of nitrogens with zero attached hydrogens (tertiary/aromatic N) is 2. The molecule has 0 unspecified atom stereocenters. The summed E-state index contributed by atoms with van der Waals surface area (Å²) >= 11 is 0. The number of ether oxygens (including phenoxy) is 2. The third kappa shape index (κ3) is 7.84. The average molecular weight is 819 g/mol. The third-order valence-corrected chi connectivity index (χ3v) is 11.3. The summed E-state index contributed by atoms with van der Waals surface area (Å²) < 4.78 is 11.8. The number of hydrogen-bond acceptors (Lipinski definition) is 5. The molecule has 2 amide bonds. The molecule has 0 fully saturated rings. The smallest absolute Gasteiger partial charge is 0.229 e. The van der Waals surface area contributed by atoms with E-state index in [9.17, 15) is 14.9 Å². The van der Waals surface area contributed by atoms with Gasteiger partial charge in [-0.05, 0) is 98.6 Å². The van der Waals surface area contributed by atoms with E-state index in [4.69, 9.17) is 16.0 Å². The first-order chi connectivity index (χ1) is 29.5. The molecule has 0 saturated heterocycles. The van der Waals surface area contributed by atoms with Crippen LogP contribution in [0.5, 0.6) is 11.5 Å². The Labute approximate surface area is 364 Å². The minimum atomic E-state index is -0.800. The Kier molecular flexibility index (Phi) is 11.4. The number of benzene rings is 7. The van der Waals surface area contributed by atoms with Crippen molar-refractivity contribution in [1.82, 2.24) is 0 Å². The Hall–Kier alpha value is -7.42. The maximum absolute atomic E-state index is 14.4. The normalized spacial score (nSPS) is 11.5. The van der Waals surface area contributed by atoms with E-state index in [0.717, 1.165) is 66.1 Å². The molecular formula is C54H50N4O4. The van der Waals surface area contributed by atoms with Gasteiger partial charge in [-0.25, -0.2) is 4.85 Å². The number of fused-ring (bicyclic) bond motifs is 2. The van der Waals surface area contributed by atoms with E-state index in [2.05, 4.69) is 45.8 Å². The SMILES string of the molecule is [C-]#[N+]c1cc(OC)c(-c2cccc3cccc(-c4ccc(-c5cccc6cccc(-c7c(C)cc(C#N)cc7C)c56)c(NC(=O)C(C)(C)C)c4NC(=O)C(C)(C)C)c23)c(OC)c1. The van der Waals surface area contributed by atoms with Crippen LogP contribution >= 0.6 is 0 Å². The van der Waals surface area contributed by atoms with Crippen molar-refractivity contribution in [1.29, 1.82) is 5.26 Å². The van der Waals surface area contributed by atoms with Crippen molar-refractivity contribution in [2.75, 3.05) is 24.9 Å². The molecular weight excluding hydrogens is 769 g/mol. The zero-order valence-corrected chi connectivity index (χ0v) is 36.9. The van der Waals surface area contributed by atoms with Crippen LogP contribution in [-0.2, 0) is 9.59 Å². The van der Waals surface area contributed by atoms with Gasteiger partial charge in [0, 0.05) is 22.0 Å². The molecule has 7 aromatic carbocycles. The van der Waals surface area contributed by atoms with Crippen molar-refractivity contribution in [2.45, 2.75) is 55.4 Å². The summed E-state index contributed by atoms with van der Waals surface area (Å²) in [5, 5.41) is 20.2. The van der Waals surface area contributed by atoms with E-state index in [1.165, 1.54) is 0 Å². The Morgan fingerprint density at radius 1 is 0.581 bits per heavy atom. The van der Waals surface area contributed by atoms with Crippen molar-refractivity contribution < 1.29 is 19.1 Å². The highest BCUT2D eigenvalue weighted by molar-refractivity contribution is 6.18. The van der Waals surface area contributed by atoms with Gasteiger partial charge in [0.2, 0.25) is 11.8 Å². The van der Waals surface area contributed by atoms with Crippen LogP contribution in [0, 0.1) is 42.6 Å². The molecule has 0 radical (unpaired) electrons. The number of nitrogens with one attached hydrogen (secondary N) is 2. The maximum atomic E-state index is 14.4. The average Bonchev–Trinajstić information content (AvgIpc) is 3.24. The first-order valence-corrected chi connectivity index (χ1v) is 20.5. The van der Waals surface area contributed by atoms with Crippen LogP contribution in [0.4, 0.5) is 17.1 Å². The number of anilines is 2. The van der Waals surface area contributed by atoms with Crippen molar-refractivity contribution in [3.05, 3.63) is 137 Å². The molecule has 0 spiro atoms. The van der Waals surface area contributed by atoms with Gasteiger partial charge in [0.25, 0.3) is 0 Å². The number of carbonyl (C=O) groups is 2. The highest BCUT2D eigenvalue weighted by Crippen LogP contribution is 2.51. The number of methoxy groups -OCH3 is 2. The van der Waals surface area contributed by atoms with Crippen LogP contribution < -0.4 is 20.1 Å². The molecule has 2 N–H and O–H groups in total. The molecule has 0 heterocycles. The second-order valence-electron chi connectivity index (χ2n) is 17.7. The van der Waals surface area contributed by atoms with Gasteiger partial charge in [0.05, 0.1) is 49.4 Å². The summed E-state index contributed by atoms with van der Waals surface area (Å²) in [4.78, 5) is 32.4. The van der Waals surface area contributed by atoms with Crippen LogP contribution in [0.2, 0.25) is 0 Å². The molecule has 62 heavy (non-hydrogen) atoms. The summed E-state index contributed by atoms with van der Waals surface area (Å²) in [7, 11) is 3.15. The van der Waals surface area contributed by atoms with E-state index < -0.39 is 10.8 Å². The van der Waals surface area contributed by atoms with Crippen LogP contribution in [-0.4, -0.2) is 26.0 Å². The van der Waals surface area contributed by atoms with Crippen LogP contribution in [0.1, 0.15) is 58.2 Å². The van der Waals surface area contributed by atoms with Gasteiger partial charge in [-0.3, -0.25) is 9.59 Å². The van der Waals surface area contributed by atoms with Crippen molar-refractivity contribution in [2.24, 2.45) is 10.8 Å². The van der Waals surface area contributed by atoms with Crippen molar-refractivity contribution in [3.8, 4) is 62.1 Å². The number of carbonyl (C=O) groups excluding carboxylic acids is 2. The number of rotatable bonds is 8. The number of hydrogen-bond donors (Lipinski definition) is 2. The van der Waals surface area contributed by atoms with E-state index in [1.807, 2.05) is 128 Å². The van der Waals surface area contributed by atoms with E-state index in [0.29, 0.717) is 45.3 Å². The Morgan fingerprint density at radius 3 is 1.32 bits per heavy atom. The predicted octanol–water partition coefficient (Wildman–Crippen LogP) is 13.7. The highest BCUT2D eigenvalue weighted by Gasteiger charge is 2.30. The second-order valence-corrected chi connectivity index (χ2v) is 17.7. The van der Waals surface area contributed by atoms with Gasteiger partial charge < -0.3 is 20.1 Å². The first-order valence-electron chi connectivity index (χ1n) is 20.5. The zero-order valence-electron chi connectivity index (χ0n) is 36.9. The van der Waals surface area contributed by atoms with Gasteiger partial charge in [-0.15, -0.1) is 0 Å². The molecule has 310 valence electrons. The summed E-state index contributed by atoms with van der Waals surface area (Å²) in [6.07, 6.45) is 0. The topological polar surface area (TPSA) is 105 Å². The number of nitriles is 1. The van der Waals surface area contributed by atoms with E-state index >= 15 is 0 Å². The lowest BCUT2D eigenvalue weighted by molar-refractivity contribution is -0.124. The summed E-state index contributed by atoms with van der Waals surface area (Å²) in [6, 6.07) is 37.9. The van der Waals surface area contributed by atoms with Gasteiger partial charge in [-0.1, -0.05) is 126 Å². The standard InChI is InChI=1S/C54H50N4O4/c1-31-26-33(30-55)27-32(2)45(31)41-22-14-18-34-16-12-20-37(46(34)41)39-24-25-40(50(58-52(60)54(6,7)8)49(39)57-51(59)53(3,4)5)38-21-13-17-35-19-15-23-42(47(35)38)48-43(61-10)28-36(56-9)29-44(48)62-11/h12-29H,1-8,10-11H3,(H,57,59)(H,58,60). The largest absolute Gasteiger partial charge is 0.497 e. The molecule has 8 heteroatoms. The van der Waals surface area contributed by atoms with Gasteiger partial charge in [0.15, 0.2) is 5.69 Å². The van der Waals surface area contributed by atoms with Crippen LogP contribution in [0.25, 0.3) is 70.9 Å². The fourth-order valence-corrected chi connectivity index (χ4v) is 8.14. The number of aryl methyl sites for hydroxylation is 2. The van der Waals surface area contributed by atoms with Crippen molar-refractivity contribution >= 4 is 50.4 Å². The fourth-order valence-electron chi connectivity index (χ4n) is 8.14. The van der Waals surface area contributed by atoms with Crippen molar-refractivity contribution in [3.63, 3.8) is 0 Å². The monoisotopic (exact) mass is 818 g/mol. The minimum Gasteiger partial charge on any atom is -0.497 e. The molecule has 8 nitrogen and oxygen atoms in total. The fraction of sp³-hybridized carbons (Fsp3) is 0.222. The molecule has 0 aliphatic carbocycles. The van der Waals surface area contributed by atoms with Gasteiger partial charge >= 0.3 is 0 Å². The Balaban J connectivity index is 1.62. The minimum absolute atomic E-state index is 0.227. The molecule has 0 aliphatic heterocycles. The quantitative estimate of drug-likeness (QED) is 0.149. The van der Waals surface area contributed by atoms with E-state index in [-0.39, 0.29) is 11.8 Å². The Morgan fingerprint density at radius 2 is 0.968 bits per heavy atom. The lowest BCUT2D eigenvalue weighted by atomic mass is 9.85. The summed E-state index contributed by atoms with van der Waals surface area (Å²) in [5.41, 5.74) is 8.78. The summed E-state index contributed by atoms with van der Waals surface area (Å²) in [6.45, 7) is 22.9. The number of amides is 2. The van der Waals surface area contributed by atoms with Crippen LogP contribution in [0.15, 0.2) is 109 Å². The molecule has 0 bridgehead atoms. The molecule has 7 aromatic rings. The highest BCUT2D eigenvalue weighted by atomic mass is 16.5. The molecule has 0 saturated carbocycles. The second kappa shape index (κ2) is 16.6. The van der Waals surface area contributed by atoms with E-state index in [1.54, 1.807) is 26.4 Å². The van der Waals surface area contributed by atoms with Gasteiger partial charge in [0.1, 0.15) is 11.5 Å². The van der Waals surface area contributed by atoms with Crippen LogP contribution in [0.3, 0.4) is 0 Å². The molecule has 0 atom stereocenters. The third-order valence-electron chi connectivity index (χ3n) is 11.3. The van der Waals surface area contributed by atoms with Gasteiger partial charge in [-0.2, -0.15) is 5.26 Å². The molecule has 0 aromatic heterocycles.